The summed E-state index contributed by atoms with van der Waals surface area (Å²) in [6.45, 7) is 0. The zero-order valence-electron chi connectivity index (χ0n) is 31.2. The van der Waals surface area contributed by atoms with Crippen molar-refractivity contribution in [2.45, 2.75) is 43.9 Å². The molecule has 7 aromatic carbocycles. The van der Waals surface area contributed by atoms with Crippen LogP contribution in [0.25, 0.3) is 78.0 Å². The van der Waals surface area contributed by atoms with Crippen LogP contribution >= 0.6 is 0 Å². The van der Waals surface area contributed by atoms with E-state index in [4.69, 9.17) is 15.0 Å². The number of nitriles is 1. The molecule has 0 aliphatic heterocycles. The quantitative estimate of drug-likeness (QED) is 0.172. The van der Waals surface area contributed by atoms with E-state index in [1.54, 1.807) is 0 Å². The van der Waals surface area contributed by atoms with Gasteiger partial charge in [-0.05, 0) is 129 Å². The van der Waals surface area contributed by atoms with Gasteiger partial charge in [-0.25, -0.2) is 15.0 Å². The first-order valence-electron chi connectivity index (χ1n) is 20.1. The summed E-state index contributed by atoms with van der Waals surface area (Å²) in [5, 5.41) is 14.2. The Morgan fingerprint density at radius 1 is 0.446 bits per heavy atom. The third-order valence-electron chi connectivity index (χ3n) is 13.1. The van der Waals surface area contributed by atoms with Gasteiger partial charge in [0.25, 0.3) is 0 Å². The van der Waals surface area contributed by atoms with Gasteiger partial charge in [0, 0.05) is 16.7 Å². The van der Waals surface area contributed by atoms with Crippen molar-refractivity contribution in [1.29, 1.82) is 5.26 Å². The fraction of sp³-hybridized carbons (Fsp3) is 0.192. The van der Waals surface area contributed by atoms with E-state index in [9.17, 15) is 5.26 Å². The second-order valence-corrected chi connectivity index (χ2v) is 16.6. The highest BCUT2D eigenvalue weighted by atomic mass is 15.0. The zero-order chi connectivity index (χ0) is 37.2. The van der Waals surface area contributed by atoms with Gasteiger partial charge in [0.2, 0.25) is 0 Å². The van der Waals surface area contributed by atoms with Gasteiger partial charge in [-0.2, -0.15) is 5.26 Å². The van der Waals surface area contributed by atoms with Crippen molar-refractivity contribution in [3.05, 3.63) is 163 Å². The first-order valence-corrected chi connectivity index (χ1v) is 20.1. The molecule has 1 heterocycles. The third kappa shape index (κ3) is 5.61. The lowest BCUT2D eigenvalue weighted by molar-refractivity contribution is -0.00518. The van der Waals surface area contributed by atoms with Crippen LogP contribution in [0.15, 0.2) is 152 Å². The lowest BCUT2D eigenvalue weighted by atomic mass is 9.48. The van der Waals surface area contributed by atoms with Crippen LogP contribution in [0.4, 0.5) is 0 Å². The molecule has 4 fully saturated rings. The molecule has 0 amide bonds. The summed E-state index contributed by atoms with van der Waals surface area (Å²) >= 11 is 0. The SMILES string of the molecule is N#Cc1cccc(-c2ccc(-c3nc(-c4ccc(-c5cccc6ccccc56)cc4)nc(-c4ccc(C56C[C@H]7C[C@@H](C5)C[C@@H](C6)C7)cc4)n3)c3ccccc23)c1. The summed E-state index contributed by atoms with van der Waals surface area (Å²) in [5.41, 5.74) is 9.81. The summed E-state index contributed by atoms with van der Waals surface area (Å²) in [6, 6.07) is 55.7. The molecule has 4 aliphatic rings. The van der Waals surface area contributed by atoms with Crippen molar-refractivity contribution >= 4 is 21.5 Å². The zero-order valence-corrected chi connectivity index (χ0v) is 31.2. The van der Waals surface area contributed by atoms with Gasteiger partial charge in [0.1, 0.15) is 0 Å². The molecule has 0 spiro atoms. The van der Waals surface area contributed by atoms with E-state index in [-0.39, 0.29) is 0 Å². The molecule has 8 aromatic rings. The first kappa shape index (κ1) is 32.9. The average molecular weight is 721 g/mol. The molecule has 4 heteroatoms. The van der Waals surface area contributed by atoms with E-state index in [0.29, 0.717) is 28.5 Å². The Morgan fingerprint density at radius 3 is 1.64 bits per heavy atom. The van der Waals surface area contributed by atoms with Crippen LogP contribution in [0.3, 0.4) is 0 Å². The number of fused-ring (bicyclic) bond motifs is 2. The Bertz CT molecular complexity index is 2810. The lowest BCUT2D eigenvalue weighted by Gasteiger charge is -2.57. The molecule has 0 atom stereocenters. The van der Waals surface area contributed by atoms with Crippen molar-refractivity contribution in [1.82, 2.24) is 15.0 Å². The Hall–Kier alpha value is -6.44. The molecule has 0 radical (unpaired) electrons. The number of nitrogens with zero attached hydrogens (tertiary/aromatic N) is 4. The minimum Gasteiger partial charge on any atom is -0.208 e. The highest BCUT2D eigenvalue weighted by molar-refractivity contribution is 6.04. The van der Waals surface area contributed by atoms with Gasteiger partial charge in [-0.3, -0.25) is 0 Å². The van der Waals surface area contributed by atoms with E-state index >= 15 is 0 Å². The second-order valence-electron chi connectivity index (χ2n) is 16.6. The molecular formula is C52H40N4. The topological polar surface area (TPSA) is 62.5 Å². The minimum absolute atomic E-state index is 0.335. The fourth-order valence-electron chi connectivity index (χ4n) is 11.0. The van der Waals surface area contributed by atoms with E-state index in [1.165, 1.54) is 60.4 Å². The Balaban J connectivity index is 1.03. The Morgan fingerprint density at radius 2 is 0.964 bits per heavy atom. The normalized spacial score (nSPS) is 21.0. The fourth-order valence-corrected chi connectivity index (χ4v) is 11.0. The van der Waals surface area contributed by atoms with Gasteiger partial charge < -0.3 is 0 Å². The van der Waals surface area contributed by atoms with Crippen LogP contribution < -0.4 is 0 Å². The van der Waals surface area contributed by atoms with Crippen molar-refractivity contribution in [3.63, 3.8) is 0 Å². The summed E-state index contributed by atoms with van der Waals surface area (Å²) < 4.78 is 0. The number of aromatic nitrogens is 3. The number of hydrogen-bond acceptors (Lipinski definition) is 4. The molecule has 56 heavy (non-hydrogen) atoms. The van der Waals surface area contributed by atoms with Gasteiger partial charge in [-0.15, -0.1) is 0 Å². The summed E-state index contributed by atoms with van der Waals surface area (Å²) in [7, 11) is 0. The van der Waals surface area contributed by atoms with Crippen LogP contribution in [0.1, 0.15) is 49.7 Å². The molecule has 268 valence electrons. The van der Waals surface area contributed by atoms with Gasteiger partial charge in [-0.1, -0.05) is 133 Å². The van der Waals surface area contributed by atoms with E-state index in [1.807, 2.05) is 18.2 Å². The van der Waals surface area contributed by atoms with Crippen LogP contribution in [0.5, 0.6) is 0 Å². The lowest BCUT2D eigenvalue weighted by Crippen LogP contribution is -2.48. The van der Waals surface area contributed by atoms with Crippen molar-refractivity contribution in [2.24, 2.45) is 17.8 Å². The number of benzene rings is 7. The molecule has 4 nitrogen and oxygen atoms in total. The molecule has 12 rings (SSSR count). The van der Waals surface area contributed by atoms with Crippen LogP contribution in [0.2, 0.25) is 0 Å². The van der Waals surface area contributed by atoms with E-state index in [2.05, 4.69) is 140 Å². The van der Waals surface area contributed by atoms with Gasteiger partial charge >= 0.3 is 0 Å². The average Bonchev–Trinajstić information content (AvgIpc) is 3.25. The maximum absolute atomic E-state index is 9.63. The second kappa shape index (κ2) is 13.1. The van der Waals surface area contributed by atoms with Crippen LogP contribution in [-0.2, 0) is 5.41 Å². The number of hydrogen-bond donors (Lipinski definition) is 0. The maximum atomic E-state index is 9.63. The summed E-state index contributed by atoms with van der Waals surface area (Å²) in [5.74, 6) is 4.67. The van der Waals surface area contributed by atoms with Crippen molar-refractivity contribution < 1.29 is 0 Å². The first-order chi connectivity index (χ1) is 27.6. The smallest absolute Gasteiger partial charge is 0.164 e. The predicted molar refractivity (Wildman–Crippen MR) is 227 cm³/mol. The molecule has 0 N–H and O–H groups in total. The van der Waals surface area contributed by atoms with E-state index in [0.717, 1.165) is 61.9 Å². The van der Waals surface area contributed by atoms with Crippen molar-refractivity contribution in [3.8, 4) is 62.5 Å². The van der Waals surface area contributed by atoms with Crippen LogP contribution in [-0.4, -0.2) is 15.0 Å². The van der Waals surface area contributed by atoms with Gasteiger partial charge in [0.05, 0.1) is 11.6 Å². The molecule has 4 bridgehead atoms. The largest absolute Gasteiger partial charge is 0.208 e. The molecular weight excluding hydrogens is 681 g/mol. The van der Waals surface area contributed by atoms with E-state index < -0.39 is 0 Å². The highest BCUT2D eigenvalue weighted by Gasteiger charge is 2.51. The van der Waals surface area contributed by atoms with Crippen LogP contribution in [0, 0.1) is 29.1 Å². The third-order valence-corrected chi connectivity index (χ3v) is 13.1. The molecule has 1 aromatic heterocycles. The molecule has 4 aliphatic carbocycles. The standard InChI is InChI=1S/C52H40N4/c53-32-33-7-5-10-41(28-33)45-23-24-48(47-13-4-3-12-46(45)47)51-55-49(39-17-15-38(16-18-39)44-14-6-9-37-8-1-2-11-43(37)44)54-50(56-51)40-19-21-42(22-20-40)52-29-34-25-35(30-52)27-36(26-34)31-52/h1-24,28,34-36H,25-27,29-31H2/t34-,35+,36-,52?. The minimum atomic E-state index is 0.335. The number of rotatable bonds is 6. The highest BCUT2D eigenvalue weighted by Crippen LogP contribution is 2.60. The van der Waals surface area contributed by atoms with Crippen molar-refractivity contribution in [2.75, 3.05) is 0 Å². The molecule has 4 saturated carbocycles. The van der Waals surface area contributed by atoms with Gasteiger partial charge in [0.15, 0.2) is 17.5 Å². The molecule has 0 unspecified atom stereocenters. The summed E-state index contributed by atoms with van der Waals surface area (Å²) in [6.07, 6.45) is 8.36. The molecule has 0 saturated heterocycles. The maximum Gasteiger partial charge on any atom is 0.164 e. The predicted octanol–water partition coefficient (Wildman–Crippen LogP) is 12.9. The Kier molecular flexibility index (Phi) is 7.71. The summed E-state index contributed by atoms with van der Waals surface area (Å²) in [4.78, 5) is 15.6. The monoisotopic (exact) mass is 720 g/mol. The Labute approximate surface area is 327 Å².